The molecule has 0 N–H and O–H groups in total. The Morgan fingerprint density at radius 3 is 2.57 bits per heavy atom. The predicted molar refractivity (Wildman–Crippen MR) is 107 cm³/mol. The molecule has 162 valence electrons. The van der Waals surface area contributed by atoms with Crippen molar-refractivity contribution in [2.24, 2.45) is 11.3 Å². The van der Waals surface area contributed by atoms with E-state index >= 15 is 0 Å². The Bertz CT molecular complexity index is 811. The Labute approximate surface area is 175 Å². The molecule has 8 heteroatoms. The van der Waals surface area contributed by atoms with Gasteiger partial charge in [0.2, 0.25) is 12.5 Å². The first-order chi connectivity index (χ1) is 14.3. The summed E-state index contributed by atoms with van der Waals surface area (Å²) >= 11 is 0. The van der Waals surface area contributed by atoms with E-state index in [-0.39, 0.29) is 11.9 Å². The number of alkyl halides is 3. The quantitative estimate of drug-likeness (QED) is 0.681. The first kappa shape index (κ1) is 21.0. The van der Waals surface area contributed by atoms with E-state index in [1.165, 1.54) is 6.07 Å². The molecule has 2 aliphatic heterocycles. The lowest BCUT2D eigenvalue weighted by molar-refractivity contribution is -0.139. The van der Waals surface area contributed by atoms with Crippen LogP contribution in [-0.4, -0.2) is 48.0 Å². The SMILES string of the molecule is [C-]#[N+]CC1CCC(N2CC[C@@]3(CCCN(c4ccc(C(F)(F)F)cn4)C3)C2=O)CC1. The number of amides is 1. The average molecular weight is 420 g/mol. The Kier molecular flexibility index (Phi) is 5.65. The maximum absolute atomic E-state index is 13.4. The van der Waals surface area contributed by atoms with E-state index in [0.29, 0.717) is 31.4 Å². The maximum Gasteiger partial charge on any atom is 0.417 e. The van der Waals surface area contributed by atoms with Crippen LogP contribution in [0.3, 0.4) is 0 Å². The summed E-state index contributed by atoms with van der Waals surface area (Å²) in [6.07, 6.45) is 2.87. The zero-order valence-corrected chi connectivity index (χ0v) is 17.0. The molecule has 4 rings (SSSR count). The monoisotopic (exact) mass is 420 g/mol. The number of hydrogen-bond acceptors (Lipinski definition) is 3. The van der Waals surface area contributed by atoms with Crippen molar-refractivity contribution in [3.05, 3.63) is 35.3 Å². The summed E-state index contributed by atoms with van der Waals surface area (Å²) in [5.74, 6) is 1.17. The first-order valence-corrected chi connectivity index (χ1v) is 10.7. The van der Waals surface area contributed by atoms with E-state index in [2.05, 4.69) is 14.7 Å². The van der Waals surface area contributed by atoms with Gasteiger partial charge in [0, 0.05) is 37.8 Å². The molecule has 1 aliphatic carbocycles. The molecular weight excluding hydrogens is 393 g/mol. The van der Waals surface area contributed by atoms with Crippen molar-refractivity contribution in [1.82, 2.24) is 9.88 Å². The van der Waals surface area contributed by atoms with Crippen molar-refractivity contribution in [1.29, 1.82) is 0 Å². The highest BCUT2D eigenvalue weighted by atomic mass is 19.4. The largest absolute Gasteiger partial charge is 0.417 e. The number of likely N-dealkylation sites (tertiary alicyclic amines) is 1. The molecule has 1 spiro atoms. The summed E-state index contributed by atoms with van der Waals surface area (Å²) in [6.45, 7) is 9.61. The van der Waals surface area contributed by atoms with Crippen molar-refractivity contribution in [2.75, 3.05) is 31.1 Å². The van der Waals surface area contributed by atoms with Crippen LogP contribution < -0.4 is 4.90 Å². The van der Waals surface area contributed by atoms with Crippen molar-refractivity contribution >= 4 is 11.7 Å². The molecule has 3 fully saturated rings. The van der Waals surface area contributed by atoms with E-state index in [9.17, 15) is 18.0 Å². The van der Waals surface area contributed by atoms with E-state index in [1.807, 2.05) is 4.90 Å². The Morgan fingerprint density at radius 2 is 1.93 bits per heavy atom. The molecule has 1 aromatic rings. The molecule has 0 radical (unpaired) electrons. The Morgan fingerprint density at radius 1 is 1.17 bits per heavy atom. The number of piperidine rings is 1. The van der Waals surface area contributed by atoms with Gasteiger partial charge in [0.15, 0.2) is 0 Å². The topological polar surface area (TPSA) is 40.8 Å². The summed E-state index contributed by atoms with van der Waals surface area (Å²) in [7, 11) is 0. The van der Waals surface area contributed by atoms with Crippen LogP contribution in [0, 0.1) is 17.9 Å². The standard InChI is InChI=1S/C22H27F3N4O/c1-26-13-16-3-6-18(7-4-16)29-12-10-21(20(29)30)9-2-11-28(15-21)19-8-5-17(14-27-19)22(23,24)25/h5,8,14,16,18H,2-4,6-7,9-13,15H2/t16?,18?,21-/m1/s1. The number of carbonyl (C=O) groups excluding carboxylic acids is 1. The van der Waals surface area contributed by atoms with Gasteiger partial charge in [-0.1, -0.05) is 0 Å². The van der Waals surface area contributed by atoms with Crippen LogP contribution in [0.5, 0.6) is 0 Å². The average Bonchev–Trinajstić information content (AvgIpc) is 3.04. The second-order valence-electron chi connectivity index (χ2n) is 8.97. The second kappa shape index (κ2) is 8.09. The minimum absolute atomic E-state index is 0.202. The Balaban J connectivity index is 1.42. The summed E-state index contributed by atoms with van der Waals surface area (Å²) in [5.41, 5.74) is -1.20. The number of nitrogens with zero attached hydrogens (tertiary/aromatic N) is 4. The van der Waals surface area contributed by atoms with Gasteiger partial charge >= 0.3 is 6.18 Å². The van der Waals surface area contributed by atoms with Crippen LogP contribution in [0.15, 0.2) is 18.3 Å². The molecule has 0 aromatic carbocycles. The number of rotatable bonds is 3. The molecule has 3 aliphatic rings. The highest BCUT2D eigenvalue weighted by Crippen LogP contribution is 2.43. The number of anilines is 1. The lowest BCUT2D eigenvalue weighted by Gasteiger charge is -2.41. The molecule has 2 saturated heterocycles. The summed E-state index contributed by atoms with van der Waals surface area (Å²) in [6, 6.07) is 2.74. The molecule has 5 nitrogen and oxygen atoms in total. The predicted octanol–water partition coefficient (Wildman–Crippen LogP) is 4.40. The van der Waals surface area contributed by atoms with Gasteiger partial charge in [-0.05, 0) is 57.1 Å². The molecular formula is C22H27F3N4O. The summed E-state index contributed by atoms with van der Waals surface area (Å²) in [4.78, 5) is 25.0. The number of carbonyl (C=O) groups is 1. The minimum Gasteiger partial charge on any atom is -0.356 e. The van der Waals surface area contributed by atoms with E-state index in [1.54, 1.807) is 0 Å². The third kappa shape index (κ3) is 3.99. The highest BCUT2D eigenvalue weighted by molar-refractivity contribution is 5.86. The molecule has 1 amide bonds. The molecule has 0 unspecified atom stereocenters. The van der Waals surface area contributed by atoms with Gasteiger partial charge in [-0.15, -0.1) is 0 Å². The third-order valence-corrected chi connectivity index (χ3v) is 7.13. The van der Waals surface area contributed by atoms with E-state index in [4.69, 9.17) is 6.57 Å². The van der Waals surface area contributed by atoms with Crippen molar-refractivity contribution in [2.45, 2.75) is 57.2 Å². The number of hydrogen-bond donors (Lipinski definition) is 0. The van der Waals surface area contributed by atoms with Crippen molar-refractivity contribution < 1.29 is 18.0 Å². The molecule has 1 aromatic heterocycles. The second-order valence-corrected chi connectivity index (χ2v) is 8.97. The fraction of sp³-hybridized carbons (Fsp3) is 0.682. The number of aromatic nitrogens is 1. The van der Waals surface area contributed by atoms with Crippen LogP contribution in [0.1, 0.15) is 50.5 Å². The molecule has 1 saturated carbocycles. The van der Waals surface area contributed by atoms with Gasteiger partial charge < -0.3 is 14.6 Å². The molecule has 3 heterocycles. The van der Waals surface area contributed by atoms with E-state index < -0.39 is 17.2 Å². The molecule has 0 bridgehead atoms. The molecule has 1 atom stereocenters. The van der Waals surface area contributed by atoms with E-state index in [0.717, 1.165) is 63.8 Å². The number of halogens is 3. The van der Waals surface area contributed by atoms with Crippen LogP contribution in [0.4, 0.5) is 19.0 Å². The lowest BCUT2D eigenvalue weighted by atomic mass is 9.78. The highest BCUT2D eigenvalue weighted by Gasteiger charge is 2.51. The zero-order valence-electron chi connectivity index (χ0n) is 17.0. The number of pyridine rings is 1. The van der Waals surface area contributed by atoms with Gasteiger partial charge in [0.05, 0.1) is 11.0 Å². The maximum atomic E-state index is 13.4. The fourth-order valence-corrected chi connectivity index (χ4v) is 5.41. The minimum atomic E-state index is -4.40. The van der Waals surface area contributed by atoms with Crippen LogP contribution in [-0.2, 0) is 11.0 Å². The molecule has 30 heavy (non-hydrogen) atoms. The van der Waals surface area contributed by atoms with Gasteiger partial charge in [-0.25, -0.2) is 11.6 Å². The van der Waals surface area contributed by atoms with Crippen molar-refractivity contribution in [3.8, 4) is 0 Å². The summed E-state index contributed by atoms with van der Waals surface area (Å²) < 4.78 is 38.5. The first-order valence-electron chi connectivity index (χ1n) is 10.7. The normalized spacial score (nSPS) is 30.0. The van der Waals surface area contributed by atoms with Gasteiger partial charge in [-0.2, -0.15) is 13.2 Å². The van der Waals surface area contributed by atoms with Crippen LogP contribution >= 0.6 is 0 Å². The smallest absolute Gasteiger partial charge is 0.356 e. The summed E-state index contributed by atoms with van der Waals surface area (Å²) in [5, 5.41) is 0. The third-order valence-electron chi connectivity index (χ3n) is 7.13. The lowest BCUT2D eigenvalue weighted by Crippen LogP contribution is -2.50. The van der Waals surface area contributed by atoms with Crippen LogP contribution in [0.25, 0.3) is 4.85 Å². The van der Waals surface area contributed by atoms with Gasteiger partial charge in [-0.3, -0.25) is 4.79 Å². The van der Waals surface area contributed by atoms with Gasteiger partial charge in [0.1, 0.15) is 5.82 Å². The van der Waals surface area contributed by atoms with Crippen molar-refractivity contribution in [3.63, 3.8) is 0 Å². The van der Waals surface area contributed by atoms with Gasteiger partial charge in [0.25, 0.3) is 0 Å². The fourth-order valence-electron chi connectivity index (χ4n) is 5.41. The Hall–Kier alpha value is -2.30. The zero-order chi connectivity index (χ0) is 21.4. The van der Waals surface area contributed by atoms with Crippen LogP contribution in [0.2, 0.25) is 0 Å².